The molecule has 1 aliphatic heterocycles. The van der Waals surface area contributed by atoms with E-state index < -0.39 is 15.6 Å². The first-order valence-electron chi connectivity index (χ1n) is 6.75. The van der Waals surface area contributed by atoms with Crippen molar-refractivity contribution in [2.45, 2.75) is 17.9 Å². The zero-order chi connectivity index (χ0) is 15.0. The summed E-state index contributed by atoms with van der Waals surface area (Å²) in [6.07, 6.45) is 1.23. The van der Waals surface area contributed by atoms with Crippen molar-refractivity contribution in [3.05, 3.63) is 40.9 Å². The lowest BCUT2D eigenvalue weighted by molar-refractivity contribution is 0.284. The molecule has 1 saturated heterocycles. The molecule has 1 unspecified atom stereocenters. The average Bonchev–Trinajstić information content (AvgIpc) is 2.47. The summed E-state index contributed by atoms with van der Waals surface area (Å²) < 4.78 is 32.1. The molecule has 0 spiro atoms. The van der Waals surface area contributed by atoms with Gasteiger partial charge < -0.3 is 9.73 Å². The molecule has 112 valence electrons. The van der Waals surface area contributed by atoms with Gasteiger partial charge in [-0.2, -0.15) is 4.31 Å². The molecule has 0 saturated carbocycles. The summed E-state index contributed by atoms with van der Waals surface area (Å²) >= 11 is 0. The summed E-state index contributed by atoms with van der Waals surface area (Å²) in [4.78, 5) is 11.9. The first kappa shape index (κ1) is 14.2. The van der Waals surface area contributed by atoms with Crippen LogP contribution in [0.15, 0.2) is 44.6 Å². The van der Waals surface area contributed by atoms with E-state index in [1.807, 2.05) is 6.92 Å². The number of benzene rings is 1. The normalized spacial score (nSPS) is 20.7. The minimum Gasteiger partial charge on any atom is -0.431 e. The van der Waals surface area contributed by atoms with Crippen molar-refractivity contribution >= 4 is 20.8 Å². The fraction of sp³-hybridized carbons (Fsp3) is 0.357. The topological polar surface area (TPSA) is 79.6 Å². The first-order valence-corrected chi connectivity index (χ1v) is 8.19. The molecule has 6 nitrogen and oxygen atoms in total. The molecule has 1 atom stereocenters. The minimum absolute atomic E-state index is 0.126. The SMILES string of the molecule is CC1CNCCN1S(=O)(=O)c1cccc2c(=O)occc12. The molecule has 1 aliphatic rings. The number of piperazine rings is 1. The van der Waals surface area contributed by atoms with E-state index in [4.69, 9.17) is 4.42 Å². The Morgan fingerprint density at radius 1 is 1.29 bits per heavy atom. The van der Waals surface area contributed by atoms with Crippen LogP contribution in [0, 0.1) is 0 Å². The number of fused-ring (bicyclic) bond motifs is 1. The smallest absolute Gasteiger partial charge is 0.343 e. The summed E-state index contributed by atoms with van der Waals surface area (Å²) in [5.74, 6) is 0. The third-order valence-electron chi connectivity index (χ3n) is 3.72. The highest BCUT2D eigenvalue weighted by molar-refractivity contribution is 7.89. The second-order valence-electron chi connectivity index (χ2n) is 5.09. The van der Waals surface area contributed by atoms with Crippen molar-refractivity contribution < 1.29 is 12.8 Å². The molecule has 2 aromatic rings. The van der Waals surface area contributed by atoms with Gasteiger partial charge in [0.15, 0.2) is 0 Å². The maximum atomic E-state index is 12.9. The van der Waals surface area contributed by atoms with Crippen molar-refractivity contribution in [3.63, 3.8) is 0 Å². The number of rotatable bonds is 2. The zero-order valence-corrected chi connectivity index (χ0v) is 12.4. The lowest BCUT2D eigenvalue weighted by Gasteiger charge is -2.33. The lowest BCUT2D eigenvalue weighted by Crippen LogP contribution is -2.52. The quantitative estimate of drug-likeness (QED) is 0.886. The van der Waals surface area contributed by atoms with Crippen LogP contribution >= 0.6 is 0 Å². The Bertz CT molecular complexity index is 828. The van der Waals surface area contributed by atoms with Crippen molar-refractivity contribution in [1.29, 1.82) is 0 Å². The van der Waals surface area contributed by atoms with Gasteiger partial charge in [-0.05, 0) is 25.1 Å². The van der Waals surface area contributed by atoms with E-state index in [2.05, 4.69) is 5.32 Å². The molecule has 3 rings (SSSR count). The van der Waals surface area contributed by atoms with Crippen LogP contribution in [0.4, 0.5) is 0 Å². The number of sulfonamides is 1. The van der Waals surface area contributed by atoms with Gasteiger partial charge in [0.1, 0.15) is 0 Å². The highest BCUT2D eigenvalue weighted by atomic mass is 32.2. The highest BCUT2D eigenvalue weighted by Gasteiger charge is 2.32. The van der Waals surface area contributed by atoms with Gasteiger partial charge >= 0.3 is 5.63 Å². The molecule has 7 heteroatoms. The Balaban J connectivity index is 2.20. The van der Waals surface area contributed by atoms with Crippen molar-refractivity contribution in [3.8, 4) is 0 Å². The number of hydrogen-bond acceptors (Lipinski definition) is 5. The Hall–Kier alpha value is -1.70. The molecule has 1 aromatic heterocycles. The Labute approximate surface area is 122 Å². The van der Waals surface area contributed by atoms with E-state index in [1.165, 1.54) is 22.7 Å². The van der Waals surface area contributed by atoms with Gasteiger partial charge in [-0.15, -0.1) is 0 Å². The summed E-state index contributed by atoms with van der Waals surface area (Å²) in [6, 6.07) is 6.07. The van der Waals surface area contributed by atoms with E-state index in [0.29, 0.717) is 25.0 Å². The largest absolute Gasteiger partial charge is 0.431 e. The Morgan fingerprint density at radius 2 is 2.10 bits per heavy atom. The molecule has 1 N–H and O–H groups in total. The molecular formula is C14H16N2O4S. The Kier molecular flexibility index (Phi) is 3.56. The van der Waals surface area contributed by atoms with Gasteiger partial charge in [0.2, 0.25) is 10.0 Å². The highest BCUT2D eigenvalue weighted by Crippen LogP contribution is 2.25. The van der Waals surface area contributed by atoms with Gasteiger partial charge in [-0.25, -0.2) is 13.2 Å². The maximum Gasteiger partial charge on any atom is 0.343 e. The minimum atomic E-state index is -3.64. The predicted octanol–water partition coefficient (Wildman–Crippen LogP) is 0.775. The van der Waals surface area contributed by atoms with Gasteiger partial charge in [0.05, 0.1) is 16.5 Å². The van der Waals surface area contributed by atoms with Gasteiger partial charge in [-0.1, -0.05) is 6.07 Å². The fourth-order valence-corrected chi connectivity index (χ4v) is 4.49. The second-order valence-corrected chi connectivity index (χ2v) is 6.95. The number of nitrogens with one attached hydrogen (secondary N) is 1. The molecule has 0 bridgehead atoms. The van der Waals surface area contributed by atoms with Crippen LogP contribution in [0.3, 0.4) is 0 Å². The van der Waals surface area contributed by atoms with E-state index in [-0.39, 0.29) is 16.3 Å². The van der Waals surface area contributed by atoms with Gasteiger partial charge in [0.25, 0.3) is 0 Å². The molecule has 21 heavy (non-hydrogen) atoms. The van der Waals surface area contributed by atoms with Crippen LogP contribution in [0.5, 0.6) is 0 Å². The van der Waals surface area contributed by atoms with Crippen LogP contribution in [-0.2, 0) is 10.0 Å². The van der Waals surface area contributed by atoms with E-state index in [1.54, 1.807) is 12.1 Å². The summed E-state index contributed by atoms with van der Waals surface area (Å²) in [5.41, 5.74) is -0.530. The van der Waals surface area contributed by atoms with E-state index in [0.717, 1.165) is 0 Å². The third-order valence-corrected chi connectivity index (χ3v) is 5.79. The molecule has 1 fully saturated rings. The average molecular weight is 308 g/mol. The maximum absolute atomic E-state index is 12.9. The lowest BCUT2D eigenvalue weighted by atomic mass is 10.2. The zero-order valence-electron chi connectivity index (χ0n) is 11.6. The molecular weight excluding hydrogens is 292 g/mol. The molecule has 1 aromatic carbocycles. The Morgan fingerprint density at radius 3 is 2.86 bits per heavy atom. The summed E-state index contributed by atoms with van der Waals surface area (Å²) in [7, 11) is -3.64. The summed E-state index contributed by atoms with van der Waals surface area (Å²) in [6.45, 7) is 3.52. The van der Waals surface area contributed by atoms with Crippen LogP contribution in [0.1, 0.15) is 6.92 Å². The molecule has 0 amide bonds. The van der Waals surface area contributed by atoms with E-state index in [9.17, 15) is 13.2 Å². The van der Waals surface area contributed by atoms with Gasteiger partial charge in [-0.3, -0.25) is 0 Å². The first-order chi connectivity index (χ1) is 10.0. The van der Waals surface area contributed by atoms with E-state index >= 15 is 0 Å². The number of nitrogens with zero attached hydrogens (tertiary/aromatic N) is 1. The standard InChI is InChI=1S/C14H16N2O4S/c1-10-9-15-6-7-16(10)21(18,19)13-4-2-3-12-11(13)5-8-20-14(12)17/h2-5,8,10,15H,6-7,9H2,1H3. The van der Waals surface area contributed by atoms with Crippen LogP contribution in [0.2, 0.25) is 0 Å². The second kappa shape index (κ2) is 5.25. The molecule has 2 heterocycles. The van der Waals surface area contributed by atoms with Crippen molar-refractivity contribution in [2.24, 2.45) is 0 Å². The van der Waals surface area contributed by atoms with Gasteiger partial charge in [0, 0.05) is 31.1 Å². The fourth-order valence-electron chi connectivity index (χ4n) is 2.65. The summed E-state index contributed by atoms with van der Waals surface area (Å²) in [5, 5.41) is 3.84. The van der Waals surface area contributed by atoms with Crippen molar-refractivity contribution in [1.82, 2.24) is 9.62 Å². The van der Waals surface area contributed by atoms with Crippen LogP contribution in [0.25, 0.3) is 10.8 Å². The third kappa shape index (κ3) is 2.37. The molecule has 0 radical (unpaired) electrons. The van der Waals surface area contributed by atoms with Crippen molar-refractivity contribution in [2.75, 3.05) is 19.6 Å². The van der Waals surface area contributed by atoms with Crippen LogP contribution in [-0.4, -0.2) is 38.4 Å². The predicted molar refractivity (Wildman–Crippen MR) is 78.7 cm³/mol. The molecule has 0 aliphatic carbocycles. The number of hydrogen-bond donors (Lipinski definition) is 1. The monoisotopic (exact) mass is 308 g/mol. The van der Waals surface area contributed by atoms with Crippen LogP contribution < -0.4 is 10.9 Å².